The first-order valence-corrected chi connectivity index (χ1v) is 15.6. The van der Waals surface area contributed by atoms with Crippen molar-refractivity contribution in [1.82, 2.24) is 0 Å². The van der Waals surface area contributed by atoms with Crippen LogP contribution in [0.2, 0.25) is 17.7 Å². The molecule has 0 atom stereocenters. The van der Waals surface area contributed by atoms with Crippen LogP contribution < -0.4 is 0 Å². The molecular formula is C15H32OSn. The van der Waals surface area contributed by atoms with E-state index in [9.17, 15) is 0 Å². The predicted octanol–water partition coefficient (Wildman–Crippen LogP) is 5.91. The Morgan fingerprint density at radius 2 is 1.24 bits per heavy atom. The molecule has 1 N–H and O–H groups in total. The van der Waals surface area contributed by atoms with Gasteiger partial charge in [0.2, 0.25) is 0 Å². The first-order chi connectivity index (χ1) is 8.24. The number of hydrogen-bond acceptors (Lipinski definition) is 1. The van der Waals surface area contributed by atoms with Gasteiger partial charge in [-0.05, 0) is 0 Å². The van der Waals surface area contributed by atoms with E-state index in [-0.39, 0.29) is 0 Å². The third kappa shape index (κ3) is 8.12. The summed E-state index contributed by atoms with van der Waals surface area (Å²) < 4.78 is 5.88. The molecule has 0 fully saturated rings. The molecule has 0 saturated heterocycles. The zero-order chi connectivity index (χ0) is 13.0. The number of hydrogen-bond donors (Lipinski definition) is 1. The van der Waals surface area contributed by atoms with Crippen molar-refractivity contribution < 1.29 is 5.11 Å². The Labute approximate surface area is 113 Å². The molecule has 0 heterocycles. The zero-order valence-corrected chi connectivity index (χ0v) is 15.0. The quantitative estimate of drug-likeness (QED) is 0.364. The third-order valence-electron chi connectivity index (χ3n) is 3.84. The minimum atomic E-state index is -1.94. The average molecular weight is 347 g/mol. The molecule has 0 aliphatic rings. The van der Waals surface area contributed by atoms with Crippen LogP contribution >= 0.6 is 0 Å². The summed E-state index contributed by atoms with van der Waals surface area (Å²) in [6.45, 7) is 6.91. The number of aliphatic hydroxyl groups excluding tert-OH is 1. The molecule has 0 radical (unpaired) electrons. The van der Waals surface area contributed by atoms with Crippen LogP contribution in [0.3, 0.4) is 0 Å². The van der Waals surface area contributed by atoms with E-state index in [0.717, 1.165) is 0 Å². The van der Waals surface area contributed by atoms with Crippen LogP contribution in [-0.2, 0) is 0 Å². The van der Waals surface area contributed by atoms with Crippen molar-refractivity contribution in [2.75, 3.05) is 0 Å². The maximum atomic E-state index is 8.96. The Hall–Kier alpha value is 0.339. The van der Waals surface area contributed by atoms with Gasteiger partial charge in [0.25, 0.3) is 0 Å². The average Bonchev–Trinajstić information content (AvgIpc) is 2.37. The van der Waals surface area contributed by atoms with Crippen LogP contribution in [0.1, 0.15) is 59.3 Å². The summed E-state index contributed by atoms with van der Waals surface area (Å²) in [6, 6.07) is 0. The van der Waals surface area contributed by atoms with Crippen LogP contribution in [0, 0.1) is 0 Å². The standard InChI is InChI=1S/3C4H9.C3H5O.Sn/c3*1-3-4-2;1-2-3-4;/h3*1,3-4H2,2H3;2-4H,1H2;/b;;;3-2+;. The Morgan fingerprint density at radius 3 is 1.53 bits per heavy atom. The van der Waals surface area contributed by atoms with Crippen molar-refractivity contribution in [3.8, 4) is 0 Å². The van der Waals surface area contributed by atoms with Crippen molar-refractivity contribution in [3.05, 3.63) is 12.3 Å². The third-order valence-corrected chi connectivity index (χ3v) is 19.1. The molecule has 1 nitrogen and oxygen atoms in total. The van der Waals surface area contributed by atoms with Gasteiger partial charge in [0.05, 0.1) is 0 Å². The van der Waals surface area contributed by atoms with Crippen molar-refractivity contribution in [2.24, 2.45) is 0 Å². The molecule has 0 aromatic carbocycles. The second-order valence-corrected chi connectivity index (χ2v) is 19.4. The van der Waals surface area contributed by atoms with Crippen LogP contribution in [0.4, 0.5) is 0 Å². The van der Waals surface area contributed by atoms with Crippen LogP contribution in [0.5, 0.6) is 0 Å². The molecule has 17 heavy (non-hydrogen) atoms. The fraction of sp³-hybridized carbons (Fsp3) is 0.867. The maximum absolute atomic E-state index is 8.96. The predicted molar refractivity (Wildman–Crippen MR) is 81.5 cm³/mol. The first kappa shape index (κ1) is 17.3. The van der Waals surface area contributed by atoms with E-state index in [1.54, 1.807) is 0 Å². The Balaban J connectivity index is 4.50. The van der Waals surface area contributed by atoms with E-state index in [1.165, 1.54) is 62.5 Å². The van der Waals surface area contributed by atoms with Gasteiger partial charge < -0.3 is 0 Å². The Kier molecular flexibility index (Phi) is 11.7. The molecule has 0 rings (SSSR count). The minimum absolute atomic E-state index is 1.27. The van der Waals surface area contributed by atoms with E-state index in [1.807, 2.05) is 0 Å². The van der Waals surface area contributed by atoms with E-state index in [4.69, 9.17) is 5.11 Å². The summed E-state index contributed by atoms with van der Waals surface area (Å²) in [6.07, 6.45) is 11.6. The van der Waals surface area contributed by atoms with Crippen LogP contribution in [0.15, 0.2) is 12.3 Å². The molecule has 102 valence electrons. The summed E-state index contributed by atoms with van der Waals surface area (Å²) in [5, 5.41) is 8.96. The van der Waals surface area contributed by atoms with E-state index >= 15 is 0 Å². The second kappa shape index (κ2) is 11.4. The molecule has 0 aliphatic carbocycles. The molecule has 0 aromatic heterocycles. The van der Waals surface area contributed by atoms with Crippen molar-refractivity contribution in [3.63, 3.8) is 0 Å². The number of unbranched alkanes of at least 4 members (excludes halogenated alkanes) is 3. The summed E-state index contributed by atoms with van der Waals surface area (Å²) in [5.41, 5.74) is 0. The van der Waals surface area contributed by atoms with Gasteiger partial charge >= 0.3 is 113 Å². The van der Waals surface area contributed by atoms with Gasteiger partial charge in [0.1, 0.15) is 0 Å². The first-order valence-electron chi connectivity index (χ1n) is 7.54. The van der Waals surface area contributed by atoms with Gasteiger partial charge in [-0.15, -0.1) is 0 Å². The van der Waals surface area contributed by atoms with Gasteiger partial charge in [0.15, 0.2) is 0 Å². The second-order valence-electron chi connectivity index (χ2n) is 5.40. The van der Waals surface area contributed by atoms with Crippen molar-refractivity contribution in [2.45, 2.75) is 77.0 Å². The van der Waals surface area contributed by atoms with E-state index in [2.05, 4.69) is 26.8 Å². The molecule has 2 heteroatoms. The molecule has 0 saturated carbocycles. The Bertz CT molecular complexity index is 168. The molecule has 0 unspecified atom stereocenters. The van der Waals surface area contributed by atoms with Crippen molar-refractivity contribution in [1.29, 1.82) is 0 Å². The molecule has 0 spiro atoms. The molecular weight excluding hydrogens is 315 g/mol. The monoisotopic (exact) mass is 348 g/mol. The molecule has 0 amide bonds. The number of rotatable bonds is 11. The van der Waals surface area contributed by atoms with Crippen LogP contribution in [-0.4, -0.2) is 23.5 Å². The van der Waals surface area contributed by atoms with Gasteiger partial charge in [0, 0.05) is 0 Å². The summed E-state index contributed by atoms with van der Waals surface area (Å²) >= 11 is -1.94. The van der Waals surface area contributed by atoms with Gasteiger partial charge in [-0.1, -0.05) is 0 Å². The molecule has 0 aromatic rings. The van der Waals surface area contributed by atoms with Gasteiger partial charge in [-0.25, -0.2) is 0 Å². The summed E-state index contributed by atoms with van der Waals surface area (Å²) in [5.74, 6) is 0. The van der Waals surface area contributed by atoms with Crippen molar-refractivity contribution >= 4 is 18.4 Å². The number of allylic oxidation sites excluding steroid dienone is 1. The fourth-order valence-corrected chi connectivity index (χ4v) is 17.7. The van der Waals surface area contributed by atoms with Gasteiger partial charge in [-0.3, -0.25) is 0 Å². The number of aliphatic hydroxyl groups is 1. The zero-order valence-electron chi connectivity index (χ0n) is 12.2. The topological polar surface area (TPSA) is 20.2 Å². The Morgan fingerprint density at radius 1 is 0.824 bits per heavy atom. The molecule has 0 bridgehead atoms. The van der Waals surface area contributed by atoms with E-state index < -0.39 is 18.4 Å². The molecule has 0 aliphatic heterocycles. The summed E-state index contributed by atoms with van der Waals surface area (Å²) in [7, 11) is 0. The fourth-order valence-electron chi connectivity index (χ4n) is 2.64. The summed E-state index contributed by atoms with van der Waals surface area (Å²) in [4.78, 5) is 0. The SMILES string of the molecule is CCC[CH2][Sn]([CH2]/C=C/O)([CH2]CCC)[CH2]CCC. The normalized spacial score (nSPS) is 12.4. The van der Waals surface area contributed by atoms with E-state index in [0.29, 0.717) is 0 Å². The van der Waals surface area contributed by atoms with Crippen LogP contribution in [0.25, 0.3) is 0 Å². The van der Waals surface area contributed by atoms with Gasteiger partial charge in [-0.2, -0.15) is 0 Å².